The van der Waals surface area contributed by atoms with Gasteiger partial charge in [-0.15, -0.1) is 0 Å². The van der Waals surface area contributed by atoms with Gasteiger partial charge in [-0.05, 0) is 24.9 Å². The first kappa shape index (κ1) is 11.3. The van der Waals surface area contributed by atoms with E-state index in [9.17, 15) is 4.39 Å². The summed E-state index contributed by atoms with van der Waals surface area (Å²) in [5.74, 6) is -0.0585. The number of aliphatic hydroxyl groups excluding tert-OH is 1. The minimum Gasteiger partial charge on any atom is -0.395 e. The van der Waals surface area contributed by atoms with Crippen LogP contribution in [0.1, 0.15) is 17.5 Å². The molecule has 5 heteroatoms. The van der Waals surface area contributed by atoms with E-state index in [1.54, 1.807) is 6.20 Å². The van der Waals surface area contributed by atoms with E-state index in [2.05, 4.69) is 15.6 Å². The Hall–Kier alpha value is -1.20. The molecule has 0 aromatic carbocycles. The summed E-state index contributed by atoms with van der Waals surface area (Å²) in [5, 5.41) is 14.6. The van der Waals surface area contributed by atoms with Gasteiger partial charge in [0.05, 0.1) is 6.61 Å². The molecule has 0 atom stereocenters. The fourth-order valence-electron chi connectivity index (χ4n) is 1.88. The lowest BCUT2D eigenvalue weighted by molar-refractivity contribution is 0.310. The SMILES string of the molecule is OCCNc1ncc2c(c1F)CNCCC2. The largest absolute Gasteiger partial charge is 0.395 e. The van der Waals surface area contributed by atoms with E-state index < -0.39 is 0 Å². The smallest absolute Gasteiger partial charge is 0.170 e. The van der Waals surface area contributed by atoms with Gasteiger partial charge in [0.1, 0.15) is 0 Å². The summed E-state index contributed by atoms with van der Waals surface area (Å²) in [6.07, 6.45) is 3.61. The van der Waals surface area contributed by atoms with Crippen LogP contribution in [-0.4, -0.2) is 29.8 Å². The zero-order valence-corrected chi connectivity index (χ0v) is 9.09. The number of hydrogen-bond donors (Lipinski definition) is 3. The van der Waals surface area contributed by atoms with E-state index in [4.69, 9.17) is 5.11 Å². The molecule has 2 heterocycles. The second-order valence-electron chi connectivity index (χ2n) is 3.86. The summed E-state index contributed by atoms with van der Waals surface area (Å²) in [6, 6.07) is 0. The Morgan fingerprint density at radius 2 is 2.44 bits per heavy atom. The summed E-state index contributed by atoms with van der Waals surface area (Å²) in [7, 11) is 0. The Morgan fingerprint density at radius 3 is 3.25 bits per heavy atom. The lowest BCUT2D eigenvalue weighted by atomic mass is 10.1. The van der Waals surface area contributed by atoms with Crippen LogP contribution in [0.4, 0.5) is 10.2 Å². The molecule has 16 heavy (non-hydrogen) atoms. The number of hydrogen-bond acceptors (Lipinski definition) is 4. The van der Waals surface area contributed by atoms with Gasteiger partial charge >= 0.3 is 0 Å². The van der Waals surface area contributed by atoms with Gasteiger partial charge in [0, 0.05) is 24.8 Å². The highest BCUT2D eigenvalue weighted by Gasteiger charge is 2.16. The van der Waals surface area contributed by atoms with Crippen LogP contribution in [-0.2, 0) is 13.0 Å². The van der Waals surface area contributed by atoms with Crippen LogP contribution < -0.4 is 10.6 Å². The number of nitrogens with zero attached hydrogens (tertiary/aromatic N) is 1. The Bertz CT molecular complexity index is 370. The molecule has 0 spiro atoms. The van der Waals surface area contributed by atoms with Crippen molar-refractivity contribution >= 4 is 5.82 Å². The molecule has 2 rings (SSSR count). The first-order valence-corrected chi connectivity index (χ1v) is 5.54. The molecule has 0 unspecified atom stereocenters. The van der Waals surface area contributed by atoms with Crippen molar-refractivity contribution in [2.24, 2.45) is 0 Å². The average molecular weight is 225 g/mol. The second kappa shape index (κ2) is 5.23. The van der Waals surface area contributed by atoms with E-state index in [0.717, 1.165) is 24.9 Å². The third-order valence-electron chi connectivity index (χ3n) is 2.72. The number of pyridine rings is 1. The van der Waals surface area contributed by atoms with Gasteiger partial charge in [-0.1, -0.05) is 0 Å². The zero-order chi connectivity index (χ0) is 11.4. The van der Waals surface area contributed by atoms with E-state index >= 15 is 0 Å². The van der Waals surface area contributed by atoms with Crippen LogP contribution in [0, 0.1) is 5.82 Å². The van der Waals surface area contributed by atoms with Crippen molar-refractivity contribution in [3.63, 3.8) is 0 Å². The molecule has 3 N–H and O–H groups in total. The number of rotatable bonds is 3. The van der Waals surface area contributed by atoms with Gasteiger partial charge in [0.2, 0.25) is 0 Å². The van der Waals surface area contributed by atoms with Crippen LogP contribution in [0.25, 0.3) is 0 Å². The van der Waals surface area contributed by atoms with Crippen LogP contribution in [0.5, 0.6) is 0 Å². The average Bonchev–Trinajstić information content (AvgIpc) is 2.54. The number of anilines is 1. The maximum absolute atomic E-state index is 14.0. The third kappa shape index (κ3) is 2.31. The minimum absolute atomic E-state index is 0.0313. The Kier molecular flexibility index (Phi) is 3.69. The maximum atomic E-state index is 14.0. The molecule has 1 aliphatic heterocycles. The monoisotopic (exact) mass is 225 g/mol. The Balaban J connectivity index is 2.26. The van der Waals surface area contributed by atoms with Gasteiger partial charge in [-0.2, -0.15) is 0 Å². The first-order chi connectivity index (χ1) is 7.83. The summed E-state index contributed by atoms with van der Waals surface area (Å²) in [6.45, 7) is 1.75. The van der Waals surface area contributed by atoms with E-state index in [1.165, 1.54) is 0 Å². The number of halogens is 1. The number of nitrogens with one attached hydrogen (secondary N) is 2. The molecule has 0 saturated heterocycles. The van der Waals surface area contributed by atoms with Crippen molar-refractivity contribution in [1.29, 1.82) is 0 Å². The maximum Gasteiger partial charge on any atom is 0.170 e. The molecular formula is C11H16FN3O. The minimum atomic E-state index is -0.291. The predicted molar refractivity (Wildman–Crippen MR) is 59.8 cm³/mol. The van der Waals surface area contributed by atoms with Crippen LogP contribution >= 0.6 is 0 Å². The van der Waals surface area contributed by atoms with Crippen molar-refractivity contribution in [2.75, 3.05) is 25.0 Å². The number of aryl methyl sites for hydroxylation is 1. The molecule has 1 aromatic heterocycles. The second-order valence-corrected chi connectivity index (χ2v) is 3.86. The summed E-state index contributed by atoms with van der Waals surface area (Å²) in [5.41, 5.74) is 1.69. The topological polar surface area (TPSA) is 57.2 Å². The van der Waals surface area contributed by atoms with E-state index in [0.29, 0.717) is 18.7 Å². The zero-order valence-electron chi connectivity index (χ0n) is 9.09. The fraction of sp³-hybridized carbons (Fsp3) is 0.545. The van der Waals surface area contributed by atoms with Gasteiger partial charge in [-0.25, -0.2) is 9.37 Å². The predicted octanol–water partition coefficient (Wildman–Crippen LogP) is 0.661. The lowest BCUT2D eigenvalue weighted by Crippen LogP contribution is -2.15. The molecule has 1 aromatic rings. The van der Waals surface area contributed by atoms with Gasteiger partial charge in [0.25, 0.3) is 0 Å². The normalized spacial score (nSPS) is 15.4. The van der Waals surface area contributed by atoms with Crippen molar-refractivity contribution in [1.82, 2.24) is 10.3 Å². The summed E-state index contributed by atoms with van der Waals surface area (Å²) < 4.78 is 14.0. The summed E-state index contributed by atoms with van der Waals surface area (Å²) in [4.78, 5) is 4.05. The van der Waals surface area contributed by atoms with Crippen LogP contribution in [0.3, 0.4) is 0 Å². The molecule has 4 nitrogen and oxygen atoms in total. The Labute approximate surface area is 93.9 Å². The van der Waals surface area contributed by atoms with Crippen molar-refractivity contribution in [3.8, 4) is 0 Å². The highest BCUT2D eigenvalue weighted by molar-refractivity contribution is 5.43. The van der Waals surface area contributed by atoms with Crippen molar-refractivity contribution < 1.29 is 9.50 Å². The molecule has 0 radical (unpaired) electrons. The van der Waals surface area contributed by atoms with E-state index in [1.807, 2.05) is 0 Å². The van der Waals surface area contributed by atoms with Gasteiger partial charge in [0.15, 0.2) is 11.6 Å². The quantitative estimate of drug-likeness (QED) is 0.707. The fourth-order valence-corrected chi connectivity index (χ4v) is 1.88. The Morgan fingerprint density at radius 1 is 1.56 bits per heavy atom. The standard InChI is InChI=1S/C11H16FN3O/c12-10-9-7-13-3-1-2-8(9)6-15-11(10)14-4-5-16/h6,13,16H,1-5,7H2,(H,14,15). The number of aromatic nitrogens is 1. The van der Waals surface area contributed by atoms with Gasteiger partial charge in [-0.3, -0.25) is 0 Å². The number of fused-ring (bicyclic) bond motifs is 1. The molecule has 1 aliphatic rings. The molecule has 0 aliphatic carbocycles. The van der Waals surface area contributed by atoms with Crippen LogP contribution in [0.15, 0.2) is 6.20 Å². The third-order valence-corrected chi connectivity index (χ3v) is 2.72. The first-order valence-electron chi connectivity index (χ1n) is 5.54. The van der Waals surface area contributed by atoms with Gasteiger partial charge < -0.3 is 15.7 Å². The number of aliphatic hydroxyl groups is 1. The van der Waals surface area contributed by atoms with E-state index in [-0.39, 0.29) is 18.2 Å². The molecule has 88 valence electrons. The lowest BCUT2D eigenvalue weighted by Gasteiger charge is -2.11. The van der Waals surface area contributed by atoms with Crippen molar-refractivity contribution in [2.45, 2.75) is 19.4 Å². The molecule has 0 amide bonds. The molecular weight excluding hydrogens is 209 g/mol. The summed E-state index contributed by atoms with van der Waals surface area (Å²) >= 11 is 0. The highest BCUT2D eigenvalue weighted by Crippen LogP contribution is 2.21. The molecule has 0 bridgehead atoms. The van der Waals surface area contributed by atoms with Crippen LogP contribution in [0.2, 0.25) is 0 Å². The highest BCUT2D eigenvalue weighted by atomic mass is 19.1. The molecule has 0 fully saturated rings. The van der Waals surface area contributed by atoms with Crippen molar-refractivity contribution in [3.05, 3.63) is 23.1 Å². The molecule has 0 saturated carbocycles.